The van der Waals surface area contributed by atoms with E-state index in [1.165, 1.54) is 0 Å². The first-order valence-corrected chi connectivity index (χ1v) is 7.94. The van der Waals surface area contributed by atoms with Crippen LogP contribution < -0.4 is 5.32 Å². The first-order valence-electron chi connectivity index (χ1n) is 7.94. The third-order valence-electron chi connectivity index (χ3n) is 3.50. The average Bonchev–Trinajstić information content (AvgIpc) is 3.06. The Morgan fingerprint density at radius 1 is 1.33 bits per heavy atom. The molecule has 2 amide bonds. The zero-order valence-corrected chi connectivity index (χ0v) is 14.1. The van der Waals surface area contributed by atoms with Crippen LogP contribution in [-0.4, -0.2) is 35.7 Å². The number of benzene rings is 1. The molecule has 1 aromatic carbocycles. The van der Waals surface area contributed by atoms with E-state index in [-0.39, 0.29) is 6.03 Å². The minimum atomic E-state index is -0.421. The number of aliphatic hydroxyl groups is 1. The van der Waals surface area contributed by atoms with Crippen molar-refractivity contribution in [2.24, 2.45) is 0 Å². The number of anilines is 1. The molecule has 1 atom stereocenters. The fourth-order valence-electron chi connectivity index (χ4n) is 2.10. The summed E-state index contributed by atoms with van der Waals surface area (Å²) in [5, 5.41) is 12.1. The van der Waals surface area contributed by atoms with Crippen LogP contribution in [0.3, 0.4) is 0 Å². The maximum absolute atomic E-state index is 12.1. The van der Waals surface area contributed by atoms with Crippen molar-refractivity contribution in [2.45, 2.75) is 32.7 Å². The van der Waals surface area contributed by atoms with Crippen molar-refractivity contribution in [3.05, 3.63) is 54.0 Å². The lowest BCUT2D eigenvalue weighted by Crippen LogP contribution is -2.33. The Kier molecular flexibility index (Phi) is 6.84. The van der Waals surface area contributed by atoms with Gasteiger partial charge in [-0.2, -0.15) is 0 Å². The summed E-state index contributed by atoms with van der Waals surface area (Å²) >= 11 is 0. The van der Waals surface area contributed by atoms with Crippen molar-refractivity contribution in [1.29, 1.82) is 0 Å². The molecular weight excluding hydrogens is 308 g/mol. The molecule has 0 aliphatic heterocycles. The van der Waals surface area contributed by atoms with E-state index in [1.807, 2.05) is 36.4 Å². The number of hydrogen-bond donors (Lipinski definition) is 2. The molecule has 130 valence electrons. The predicted octanol–water partition coefficient (Wildman–Crippen LogP) is 3.23. The number of amides is 2. The van der Waals surface area contributed by atoms with E-state index in [0.29, 0.717) is 31.9 Å². The van der Waals surface area contributed by atoms with Crippen molar-refractivity contribution in [3.8, 4) is 0 Å². The molecule has 0 bridgehead atoms. The molecule has 6 nitrogen and oxygen atoms in total. The molecule has 0 saturated carbocycles. The molecule has 1 unspecified atom stereocenters. The smallest absolute Gasteiger partial charge is 0.321 e. The summed E-state index contributed by atoms with van der Waals surface area (Å²) in [6.45, 7) is 3.04. The van der Waals surface area contributed by atoms with Crippen LogP contribution in [-0.2, 0) is 18.0 Å². The minimum Gasteiger partial charge on any atom is -0.467 e. The third-order valence-corrected chi connectivity index (χ3v) is 3.50. The van der Waals surface area contributed by atoms with Gasteiger partial charge in [-0.15, -0.1) is 0 Å². The second-order valence-corrected chi connectivity index (χ2v) is 5.76. The molecule has 0 radical (unpaired) electrons. The Labute approximate surface area is 142 Å². The fraction of sp³-hybridized carbons (Fsp3) is 0.389. The zero-order valence-electron chi connectivity index (χ0n) is 14.1. The van der Waals surface area contributed by atoms with Gasteiger partial charge in [-0.1, -0.05) is 12.1 Å². The standard InChI is InChI=1S/C18H24N2O4/c1-14(21)8-9-20(2)18(22)19-16-6-3-5-15(11-16)12-23-13-17-7-4-10-24-17/h3-7,10-11,14,21H,8-9,12-13H2,1-2H3,(H,19,22). The molecule has 6 heteroatoms. The van der Waals surface area contributed by atoms with Crippen LogP contribution in [0.1, 0.15) is 24.7 Å². The lowest BCUT2D eigenvalue weighted by atomic mass is 10.2. The number of hydrogen-bond acceptors (Lipinski definition) is 4. The van der Waals surface area contributed by atoms with Crippen LogP contribution in [0.15, 0.2) is 47.1 Å². The SMILES string of the molecule is CC(O)CCN(C)C(=O)Nc1cccc(COCc2ccco2)c1. The maximum Gasteiger partial charge on any atom is 0.321 e. The number of nitrogens with zero attached hydrogens (tertiary/aromatic N) is 1. The van der Waals surface area contributed by atoms with Crippen LogP contribution >= 0.6 is 0 Å². The topological polar surface area (TPSA) is 74.9 Å². The Morgan fingerprint density at radius 2 is 2.17 bits per heavy atom. The summed E-state index contributed by atoms with van der Waals surface area (Å²) in [6, 6.07) is 11.0. The number of rotatable bonds is 8. The average molecular weight is 332 g/mol. The van der Waals surface area contributed by atoms with Gasteiger partial charge in [-0.05, 0) is 43.2 Å². The highest BCUT2D eigenvalue weighted by Crippen LogP contribution is 2.13. The Hall–Kier alpha value is -2.31. The lowest BCUT2D eigenvalue weighted by Gasteiger charge is -2.19. The molecule has 1 aromatic heterocycles. The summed E-state index contributed by atoms with van der Waals surface area (Å²) in [7, 11) is 1.70. The van der Waals surface area contributed by atoms with E-state index >= 15 is 0 Å². The lowest BCUT2D eigenvalue weighted by molar-refractivity contribution is 0.0930. The second-order valence-electron chi connectivity index (χ2n) is 5.76. The molecular formula is C18H24N2O4. The Bertz CT molecular complexity index is 626. The van der Waals surface area contributed by atoms with E-state index in [0.717, 1.165) is 11.3 Å². The summed E-state index contributed by atoms with van der Waals surface area (Å²) in [5.41, 5.74) is 1.67. The van der Waals surface area contributed by atoms with Gasteiger partial charge in [-0.25, -0.2) is 4.79 Å². The van der Waals surface area contributed by atoms with Gasteiger partial charge in [0.1, 0.15) is 12.4 Å². The quantitative estimate of drug-likeness (QED) is 0.778. The largest absolute Gasteiger partial charge is 0.467 e. The minimum absolute atomic E-state index is 0.204. The van der Waals surface area contributed by atoms with Gasteiger partial charge < -0.3 is 24.5 Å². The third kappa shape index (κ3) is 6.06. The number of aliphatic hydroxyl groups excluding tert-OH is 1. The van der Waals surface area contributed by atoms with Crippen LogP contribution in [0, 0.1) is 0 Å². The molecule has 0 saturated heterocycles. The summed E-state index contributed by atoms with van der Waals surface area (Å²) < 4.78 is 10.8. The van der Waals surface area contributed by atoms with Crippen molar-refractivity contribution in [1.82, 2.24) is 4.90 Å². The molecule has 2 N–H and O–H groups in total. The van der Waals surface area contributed by atoms with Crippen molar-refractivity contribution in [3.63, 3.8) is 0 Å². The number of carbonyl (C=O) groups is 1. The van der Waals surface area contributed by atoms with Gasteiger partial charge >= 0.3 is 6.03 Å². The zero-order chi connectivity index (χ0) is 17.4. The molecule has 0 aliphatic carbocycles. The van der Waals surface area contributed by atoms with E-state index in [9.17, 15) is 9.90 Å². The van der Waals surface area contributed by atoms with E-state index < -0.39 is 6.10 Å². The van der Waals surface area contributed by atoms with Gasteiger partial charge in [0.05, 0.1) is 19.0 Å². The fourth-order valence-corrected chi connectivity index (χ4v) is 2.10. The first-order chi connectivity index (χ1) is 11.5. The predicted molar refractivity (Wildman–Crippen MR) is 91.6 cm³/mol. The van der Waals surface area contributed by atoms with Gasteiger partial charge in [-0.3, -0.25) is 0 Å². The molecule has 0 spiro atoms. The van der Waals surface area contributed by atoms with Gasteiger partial charge in [0.25, 0.3) is 0 Å². The number of ether oxygens (including phenoxy) is 1. The van der Waals surface area contributed by atoms with Gasteiger partial charge in [0, 0.05) is 19.3 Å². The van der Waals surface area contributed by atoms with Crippen molar-refractivity contribution in [2.75, 3.05) is 18.9 Å². The van der Waals surface area contributed by atoms with E-state index in [1.54, 1.807) is 25.1 Å². The summed E-state index contributed by atoms with van der Waals surface area (Å²) in [6.07, 6.45) is 1.74. The first kappa shape index (κ1) is 18.0. The van der Waals surface area contributed by atoms with E-state index in [2.05, 4.69) is 5.32 Å². The Balaban J connectivity index is 1.82. The number of furan rings is 1. The van der Waals surface area contributed by atoms with E-state index in [4.69, 9.17) is 9.15 Å². The van der Waals surface area contributed by atoms with Gasteiger partial charge in [0.15, 0.2) is 0 Å². The Morgan fingerprint density at radius 3 is 2.88 bits per heavy atom. The maximum atomic E-state index is 12.1. The number of carbonyl (C=O) groups excluding carboxylic acids is 1. The van der Waals surface area contributed by atoms with Crippen molar-refractivity contribution >= 4 is 11.7 Å². The number of nitrogens with one attached hydrogen (secondary N) is 1. The van der Waals surface area contributed by atoms with Crippen LogP contribution in [0.25, 0.3) is 0 Å². The monoisotopic (exact) mass is 332 g/mol. The van der Waals surface area contributed by atoms with Crippen LogP contribution in [0.2, 0.25) is 0 Å². The second kappa shape index (κ2) is 9.10. The summed E-state index contributed by atoms with van der Waals surface area (Å²) in [4.78, 5) is 13.6. The molecule has 2 rings (SSSR count). The van der Waals surface area contributed by atoms with Crippen LogP contribution in [0.4, 0.5) is 10.5 Å². The summed E-state index contributed by atoms with van der Waals surface area (Å²) in [5.74, 6) is 0.777. The highest BCUT2D eigenvalue weighted by Gasteiger charge is 2.10. The highest BCUT2D eigenvalue weighted by molar-refractivity contribution is 5.89. The number of urea groups is 1. The highest BCUT2D eigenvalue weighted by atomic mass is 16.5. The molecule has 0 fully saturated rings. The normalized spacial score (nSPS) is 12.0. The molecule has 1 heterocycles. The molecule has 24 heavy (non-hydrogen) atoms. The van der Waals surface area contributed by atoms with Gasteiger partial charge in [0.2, 0.25) is 0 Å². The van der Waals surface area contributed by atoms with Crippen LogP contribution in [0.5, 0.6) is 0 Å². The molecule has 0 aliphatic rings. The molecule has 2 aromatic rings. The van der Waals surface area contributed by atoms with Crippen molar-refractivity contribution < 1.29 is 19.1 Å².